The Kier molecular flexibility index (Phi) is 11.4. The van der Waals surface area contributed by atoms with Crippen molar-refractivity contribution in [1.82, 2.24) is 10.4 Å². The van der Waals surface area contributed by atoms with Crippen LogP contribution in [0.4, 0.5) is 0 Å². The van der Waals surface area contributed by atoms with Gasteiger partial charge in [-0.05, 0) is 37.2 Å². The van der Waals surface area contributed by atoms with Gasteiger partial charge in [-0.15, -0.1) is 0 Å². The number of carbonyl (C=O) groups excluding carboxylic acids is 3. The summed E-state index contributed by atoms with van der Waals surface area (Å²) < 4.78 is 4.98. The molecule has 0 saturated carbocycles. The van der Waals surface area contributed by atoms with Gasteiger partial charge in [-0.25, -0.2) is 5.06 Å². The maximum absolute atomic E-state index is 13.3. The molecule has 3 atom stereocenters. The monoisotopic (exact) mass is 434 g/mol. The second kappa shape index (κ2) is 13.2. The van der Waals surface area contributed by atoms with Crippen LogP contribution in [0.3, 0.4) is 0 Å². The van der Waals surface area contributed by atoms with Crippen LogP contribution in [-0.4, -0.2) is 54.7 Å². The van der Waals surface area contributed by atoms with Gasteiger partial charge in [-0.1, -0.05) is 51.1 Å². The van der Waals surface area contributed by atoms with Crippen LogP contribution in [0.15, 0.2) is 30.3 Å². The topological polar surface area (TPSA) is 95.9 Å². The number of ether oxygens (including phenoxy) is 1. The first kappa shape index (κ1) is 26.8. The van der Waals surface area contributed by atoms with E-state index >= 15 is 0 Å². The molecule has 1 aromatic rings. The summed E-state index contributed by atoms with van der Waals surface area (Å²) in [5.41, 5.74) is 0.747. The second-order valence-electron chi connectivity index (χ2n) is 9.08. The van der Waals surface area contributed by atoms with E-state index in [1.54, 1.807) is 14.0 Å². The zero-order chi connectivity index (χ0) is 23.4. The van der Waals surface area contributed by atoms with Crippen molar-refractivity contribution < 1.29 is 24.3 Å². The second-order valence-corrected chi connectivity index (χ2v) is 9.08. The molecule has 7 heteroatoms. The molecule has 0 radical (unpaired) electrons. The number of nitrogens with one attached hydrogen (secondary N) is 1. The predicted octanol–water partition coefficient (Wildman–Crippen LogP) is 3.25. The highest BCUT2D eigenvalue weighted by Crippen LogP contribution is 2.32. The average molecular weight is 435 g/mol. The molecule has 0 unspecified atom stereocenters. The number of methoxy groups -OCH3 is 1. The third kappa shape index (κ3) is 9.19. The lowest BCUT2D eigenvalue weighted by Crippen LogP contribution is -2.44. The van der Waals surface area contributed by atoms with E-state index in [9.17, 15) is 19.6 Å². The lowest BCUT2D eigenvalue weighted by molar-refractivity contribution is -0.166. The molecule has 0 heterocycles. The van der Waals surface area contributed by atoms with Gasteiger partial charge < -0.3 is 10.1 Å². The lowest BCUT2D eigenvalue weighted by Gasteiger charge is -2.32. The van der Waals surface area contributed by atoms with Crippen molar-refractivity contribution in [3.05, 3.63) is 35.9 Å². The van der Waals surface area contributed by atoms with E-state index in [0.29, 0.717) is 31.0 Å². The van der Waals surface area contributed by atoms with Gasteiger partial charge in [0.05, 0.1) is 12.6 Å². The Morgan fingerprint density at radius 1 is 1.23 bits per heavy atom. The van der Waals surface area contributed by atoms with Gasteiger partial charge >= 0.3 is 0 Å². The molecule has 0 bridgehead atoms. The van der Waals surface area contributed by atoms with Crippen LogP contribution in [-0.2, 0) is 25.5 Å². The smallest absolute Gasteiger partial charge is 0.233 e. The zero-order valence-electron chi connectivity index (χ0n) is 19.5. The Hall–Kier alpha value is -2.25. The Balaban J connectivity index is 2.91. The van der Waals surface area contributed by atoms with Gasteiger partial charge in [-0.2, -0.15) is 0 Å². The molecule has 0 spiro atoms. The predicted molar refractivity (Wildman–Crippen MR) is 119 cm³/mol. The normalized spacial score (nSPS) is 14.4. The van der Waals surface area contributed by atoms with Gasteiger partial charge in [0.25, 0.3) is 0 Å². The fourth-order valence-electron chi connectivity index (χ4n) is 3.67. The minimum atomic E-state index is -0.669. The number of rotatable bonds is 14. The van der Waals surface area contributed by atoms with Crippen LogP contribution >= 0.6 is 0 Å². The number of Topliss-reactive ketones (excluding diaryl/α,β-unsaturated/α-hetero) is 1. The van der Waals surface area contributed by atoms with Gasteiger partial charge in [-0.3, -0.25) is 19.6 Å². The van der Waals surface area contributed by atoms with Crippen molar-refractivity contribution in [2.75, 3.05) is 20.3 Å². The third-order valence-electron chi connectivity index (χ3n) is 5.72. The van der Waals surface area contributed by atoms with Gasteiger partial charge in [0.2, 0.25) is 12.3 Å². The summed E-state index contributed by atoms with van der Waals surface area (Å²) in [5, 5.41) is 13.3. The highest BCUT2D eigenvalue weighted by atomic mass is 16.5. The first-order valence-corrected chi connectivity index (χ1v) is 10.9. The molecule has 0 fully saturated rings. The first-order chi connectivity index (χ1) is 14.6. The van der Waals surface area contributed by atoms with Crippen LogP contribution in [0.1, 0.15) is 52.5 Å². The van der Waals surface area contributed by atoms with E-state index in [1.165, 1.54) is 5.56 Å². The van der Waals surface area contributed by atoms with Gasteiger partial charge in [0.15, 0.2) is 0 Å². The molecule has 31 heavy (non-hydrogen) atoms. The number of hydrogen-bond acceptors (Lipinski definition) is 5. The summed E-state index contributed by atoms with van der Waals surface area (Å²) in [6, 6.07) is 9.29. The number of amides is 2. The first-order valence-electron chi connectivity index (χ1n) is 10.9. The Morgan fingerprint density at radius 3 is 2.42 bits per heavy atom. The third-order valence-corrected chi connectivity index (χ3v) is 5.72. The van der Waals surface area contributed by atoms with Crippen molar-refractivity contribution in [2.24, 2.45) is 17.3 Å². The summed E-state index contributed by atoms with van der Waals surface area (Å²) in [6.45, 7) is 8.22. The van der Waals surface area contributed by atoms with E-state index in [0.717, 1.165) is 12.8 Å². The van der Waals surface area contributed by atoms with E-state index in [-0.39, 0.29) is 18.1 Å². The highest BCUT2D eigenvalue weighted by molar-refractivity contribution is 5.89. The van der Waals surface area contributed by atoms with Crippen molar-refractivity contribution in [3.8, 4) is 0 Å². The fourth-order valence-corrected chi connectivity index (χ4v) is 3.67. The highest BCUT2D eigenvalue weighted by Gasteiger charge is 2.37. The number of benzene rings is 1. The number of ketones is 1. The molecule has 174 valence electrons. The molecule has 0 aliphatic carbocycles. The minimum Gasteiger partial charge on any atom is -0.383 e. The standard InChI is InChI=1S/C24H38N2O5/c1-18(26(30)17-27)20(13-9-12-19-10-7-6-8-11-19)22(28)16-21(24(2,3)4)23(29)25-14-15-31-5/h6-8,10-11,17-18,20-21,30H,9,12-16H2,1-5H3,(H,25,29)/t18-,20+,21+/m0/s1. The van der Waals surface area contributed by atoms with E-state index < -0.39 is 23.3 Å². The van der Waals surface area contributed by atoms with Crippen molar-refractivity contribution in [3.63, 3.8) is 0 Å². The summed E-state index contributed by atoms with van der Waals surface area (Å²) in [7, 11) is 1.56. The maximum atomic E-state index is 13.3. The van der Waals surface area contributed by atoms with Crippen LogP contribution in [0.5, 0.6) is 0 Å². The Bertz CT molecular complexity index is 687. The van der Waals surface area contributed by atoms with E-state index in [2.05, 4.69) is 5.32 Å². The average Bonchev–Trinajstić information content (AvgIpc) is 2.73. The summed E-state index contributed by atoms with van der Waals surface area (Å²) in [6.07, 6.45) is 2.42. The van der Waals surface area contributed by atoms with Crippen molar-refractivity contribution in [1.29, 1.82) is 0 Å². The van der Waals surface area contributed by atoms with Crippen LogP contribution in [0.2, 0.25) is 0 Å². The molecule has 0 saturated heterocycles. The molecular formula is C24H38N2O5. The van der Waals surface area contributed by atoms with Crippen LogP contribution in [0, 0.1) is 17.3 Å². The lowest BCUT2D eigenvalue weighted by atomic mass is 9.74. The largest absolute Gasteiger partial charge is 0.383 e. The molecule has 0 aromatic heterocycles. The van der Waals surface area contributed by atoms with Crippen molar-refractivity contribution in [2.45, 2.75) is 59.4 Å². The van der Waals surface area contributed by atoms with Gasteiger partial charge in [0.1, 0.15) is 5.78 Å². The number of nitrogens with zero attached hydrogens (tertiary/aromatic N) is 1. The maximum Gasteiger partial charge on any atom is 0.233 e. The Labute approximate surface area is 186 Å². The molecule has 2 amide bonds. The molecule has 7 nitrogen and oxygen atoms in total. The molecule has 0 aliphatic heterocycles. The molecule has 0 aliphatic rings. The number of aryl methyl sites for hydroxylation is 1. The van der Waals surface area contributed by atoms with Gasteiger partial charge in [0, 0.05) is 31.9 Å². The fraction of sp³-hybridized carbons (Fsp3) is 0.625. The van der Waals surface area contributed by atoms with E-state index in [4.69, 9.17) is 4.74 Å². The number of carbonyl (C=O) groups is 3. The van der Waals surface area contributed by atoms with Crippen LogP contribution in [0.25, 0.3) is 0 Å². The minimum absolute atomic E-state index is 0.0509. The van der Waals surface area contributed by atoms with Crippen molar-refractivity contribution >= 4 is 18.1 Å². The summed E-state index contributed by atoms with van der Waals surface area (Å²) in [4.78, 5) is 37.1. The van der Waals surface area contributed by atoms with Crippen LogP contribution < -0.4 is 5.32 Å². The summed E-state index contributed by atoms with van der Waals surface area (Å²) in [5.74, 6) is -1.40. The molecular weight excluding hydrogens is 396 g/mol. The quantitative estimate of drug-likeness (QED) is 0.203. The number of hydroxylamine groups is 2. The van der Waals surface area contributed by atoms with E-state index in [1.807, 2.05) is 51.1 Å². The summed E-state index contributed by atoms with van der Waals surface area (Å²) >= 11 is 0. The SMILES string of the molecule is COCCNC(=O)[C@@H](CC(=O)[C@H](CCCc1ccccc1)[C@H](C)N(O)C=O)C(C)(C)C. The zero-order valence-corrected chi connectivity index (χ0v) is 19.5. The molecule has 1 rings (SSSR count). The molecule has 2 N–H and O–H groups in total. The Morgan fingerprint density at radius 2 is 1.87 bits per heavy atom. The number of hydrogen-bond donors (Lipinski definition) is 2. The molecule has 1 aromatic carbocycles.